The Bertz CT molecular complexity index is 217. The predicted molar refractivity (Wildman–Crippen MR) is 46.7 cm³/mol. The van der Waals surface area contributed by atoms with E-state index in [2.05, 4.69) is 23.1 Å². The van der Waals surface area contributed by atoms with Gasteiger partial charge in [0.1, 0.15) is 0 Å². The second-order valence-electron chi connectivity index (χ2n) is 2.95. The van der Waals surface area contributed by atoms with Crippen molar-refractivity contribution >= 4 is 5.69 Å². The molecule has 2 rings (SSSR count). The van der Waals surface area contributed by atoms with Crippen molar-refractivity contribution in [3.63, 3.8) is 0 Å². The fourth-order valence-corrected chi connectivity index (χ4v) is 1.56. The van der Waals surface area contributed by atoms with Crippen molar-refractivity contribution in [1.29, 1.82) is 0 Å². The molecule has 0 spiro atoms. The molecule has 1 aliphatic heterocycles. The molecule has 0 radical (unpaired) electrons. The molecule has 0 atom stereocenters. The van der Waals surface area contributed by atoms with Crippen molar-refractivity contribution in [3.8, 4) is 0 Å². The van der Waals surface area contributed by atoms with Gasteiger partial charge >= 0.3 is 18.9 Å². The predicted octanol–water partition coefficient (Wildman–Crippen LogP) is -0.909. The first-order valence-corrected chi connectivity index (χ1v) is 4.18. The minimum Gasteiger partial charge on any atom is -0.393 e. The largest absolute Gasteiger partial charge is 1.00 e. The molecule has 1 aliphatic rings. The van der Waals surface area contributed by atoms with Gasteiger partial charge in [-0.2, -0.15) is 18.2 Å². The number of benzene rings is 1. The fraction of sp³-hybridized carbons (Fsp3) is 0.400. The van der Waals surface area contributed by atoms with Crippen LogP contribution in [-0.2, 0) is 0 Å². The van der Waals surface area contributed by atoms with Crippen molar-refractivity contribution in [2.45, 2.75) is 12.8 Å². The summed E-state index contributed by atoms with van der Waals surface area (Å²) in [6.45, 7) is 2.45. The summed E-state index contributed by atoms with van der Waals surface area (Å²) in [5.74, 6) is 0. The van der Waals surface area contributed by atoms with Crippen LogP contribution in [0.15, 0.2) is 24.3 Å². The number of rotatable bonds is 1. The smallest absolute Gasteiger partial charge is 0.393 e. The minimum absolute atomic E-state index is 0. The van der Waals surface area contributed by atoms with Gasteiger partial charge in [0, 0.05) is 13.1 Å². The van der Waals surface area contributed by atoms with Crippen molar-refractivity contribution in [3.05, 3.63) is 30.3 Å². The second kappa shape index (κ2) is 4.60. The molecule has 1 aromatic carbocycles. The molecule has 58 valence electrons. The van der Waals surface area contributed by atoms with E-state index in [0.717, 1.165) is 0 Å². The first-order chi connectivity index (χ1) is 5.47. The molecule has 1 saturated heterocycles. The van der Waals surface area contributed by atoms with Gasteiger partial charge in [-0.25, -0.2) is 0 Å². The van der Waals surface area contributed by atoms with Crippen LogP contribution in [0.25, 0.3) is 0 Å². The first-order valence-electron chi connectivity index (χ1n) is 4.18. The molecule has 1 heterocycles. The molecular weight excluding hydrogens is 141 g/mol. The van der Waals surface area contributed by atoms with Gasteiger partial charge in [-0.1, -0.05) is 5.69 Å². The van der Waals surface area contributed by atoms with Gasteiger partial charge in [0.05, 0.1) is 0 Å². The Morgan fingerprint density at radius 1 is 1.08 bits per heavy atom. The Morgan fingerprint density at radius 2 is 1.67 bits per heavy atom. The first kappa shape index (κ1) is 9.70. The summed E-state index contributed by atoms with van der Waals surface area (Å²) in [5, 5.41) is 0. The fourth-order valence-electron chi connectivity index (χ4n) is 1.56. The molecule has 0 amide bonds. The molecule has 0 aromatic heterocycles. The Labute approximate surface area is 85.9 Å². The molecule has 0 saturated carbocycles. The van der Waals surface area contributed by atoms with Crippen LogP contribution >= 0.6 is 0 Å². The van der Waals surface area contributed by atoms with E-state index in [1.165, 1.54) is 31.6 Å². The number of hydrogen-bond acceptors (Lipinski definition) is 1. The third-order valence-corrected chi connectivity index (χ3v) is 2.17. The molecule has 1 nitrogen and oxygen atoms in total. The van der Waals surface area contributed by atoms with E-state index in [-0.39, 0.29) is 18.9 Å². The van der Waals surface area contributed by atoms with Crippen LogP contribution in [0.3, 0.4) is 0 Å². The van der Waals surface area contributed by atoms with E-state index in [9.17, 15) is 0 Å². The summed E-state index contributed by atoms with van der Waals surface area (Å²) >= 11 is 0. The van der Waals surface area contributed by atoms with E-state index in [1.807, 2.05) is 12.1 Å². The summed E-state index contributed by atoms with van der Waals surface area (Å²) in [6, 6.07) is 11.2. The maximum absolute atomic E-state index is 3.03. The van der Waals surface area contributed by atoms with Gasteiger partial charge in [-0.05, 0) is 12.8 Å². The SMILES string of the molecule is [Li+].[c-]1ccc(N2CCCC2)cc1. The molecular formula is C10H12LiN. The van der Waals surface area contributed by atoms with Gasteiger partial charge in [0.2, 0.25) is 0 Å². The quantitative estimate of drug-likeness (QED) is 0.373. The number of anilines is 1. The van der Waals surface area contributed by atoms with E-state index >= 15 is 0 Å². The van der Waals surface area contributed by atoms with Gasteiger partial charge in [-0.3, -0.25) is 0 Å². The standard InChI is InChI=1S/C10H12N.Li/c1-2-6-10(7-3-1)11-8-4-5-9-11;/h2-3,6-7H,4-5,8-9H2;/q-1;+1. The Balaban J connectivity index is 0.000000720. The van der Waals surface area contributed by atoms with Gasteiger partial charge in [0.15, 0.2) is 0 Å². The summed E-state index contributed by atoms with van der Waals surface area (Å²) < 4.78 is 0. The summed E-state index contributed by atoms with van der Waals surface area (Å²) in [7, 11) is 0. The molecule has 0 aliphatic carbocycles. The van der Waals surface area contributed by atoms with Crippen molar-refractivity contribution in [1.82, 2.24) is 0 Å². The van der Waals surface area contributed by atoms with Crippen LogP contribution in [0.1, 0.15) is 12.8 Å². The van der Waals surface area contributed by atoms with Crippen LogP contribution in [0.5, 0.6) is 0 Å². The number of hydrogen-bond donors (Lipinski definition) is 0. The van der Waals surface area contributed by atoms with Crippen molar-refractivity contribution in [2.24, 2.45) is 0 Å². The van der Waals surface area contributed by atoms with Crippen molar-refractivity contribution in [2.75, 3.05) is 18.0 Å². The zero-order chi connectivity index (χ0) is 7.52. The zero-order valence-corrected chi connectivity index (χ0v) is 7.59. The Morgan fingerprint density at radius 3 is 2.25 bits per heavy atom. The van der Waals surface area contributed by atoms with Crippen LogP contribution in [0, 0.1) is 6.07 Å². The van der Waals surface area contributed by atoms with Gasteiger partial charge in [-0.15, -0.1) is 12.1 Å². The average molecular weight is 153 g/mol. The Kier molecular flexibility index (Phi) is 3.72. The molecule has 0 bridgehead atoms. The minimum atomic E-state index is 0. The maximum Gasteiger partial charge on any atom is 1.00 e. The zero-order valence-electron chi connectivity index (χ0n) is 7.59. The molecule has 2 heteroatoms. The molecule has 12 heavy (non-hydrogen) atoms. The average Bonchev–Trinajstić information content (AvgIpc) is 2.58. The van der Waals surface area contributed by atoms with E-state index < -0.39 is 0 Å². The maximum atomic E-state index is 3.03. The summed E-state index contributed by atoms with van der Waals surface area (Å²) in [4.78, 5) is 2.42. The normalized spacial score (nSPS) is 15.8. The third-order valence-electron chi connectivity index (χ3n) is 2.17. The van der Waals surface area contributed by atoms with Crippen LogP contribution in [0.4, 0.5) is 5.69 Å². The topological polar surface area (TPSA) is 3.24 Å². The van der Waals surface area contributed by atoms with Crippen LogP contribution in [0.2, 0.25) is 0 Å². The van der Waals surface area contributed by atoms with Gasteiger partial charge < -0.3 is 4.90 Å². The Hall–Kier alpha value is -0.383. The number of nitrogens with zero attached hydrogens (tertiary/aromatic N) is 1. The van der Waals surface area contributed by atoms with E-state index in [4.69, 9.17) is 0 Å². The van der Waals surface area contributed by atoms with E-state index in [0.29, 0.717) is 0 Å². The molecule has 0 unspecified atom stereocenters. The van der Waals surface area contributed by atoms with Crippen molar-refractivity contribution < 1.29 is 18.9 Å². The third kappa shape index (κ3) is 2.06. The summed E-state index contributed by atoms with van der Waals surface area (Å²) in [6.07, 6.45) is 2.69. The second-order valence-corrected chi connectivity index (χ2v) is 2.95. The summed E-state index contributed by atoms with van der Waals surface area (Å²) in [5.41, 5.74) is 1.35. The molecule has 1 aromatic rings. The van der Waals surface area contributed by atoms with Gasteiger partial charge in [0.25, 0.3) is 0 Å². The molecule has 1 fully saturated rings. The van der Waals surface area contributed by atoms with E-state index in [1.54, 1.807) is 0 Å². The monoisotopic (exact) mass is 153 g/mol. The molecule has 0 N–H and O–H groups in total. The van der Waals surface area contributed by atoms with Crippen LogP contribution in [-0.4, -0.2) is 13.1 Å². The van der Waals surface area contributed by atoms with Crippen LogP contribution < -0.4 is 23.8 Å².